The second-order valence-electron chi connectivity index (χ2n) is 9.22. The summed E-state index contributed by atoms with van der Waals surface area (Å²) in [5, 5.41) is 2.95. The first kappa shape index (κ1) is 23.6. The van der Waals surface area contributed by atoms with Gasteiger partial charge < -0.3 is 10.1 Å². The number of methoxy groups -OCH3 is 1. The maximum absolute atomic E-state index is 12.8. The lowest BCUT2D eigenvalue weighted by atomic mass is 9.99. The topological polar surface area (TPSA) is 71.5 Å². The normalized spacial score (nSPS) is 15.3. The molecule has 0 fully saturated rings. The van der Waals surface area contributed by atoms with Crippen molar-refractivity contribution in [1.82, 2.24) is 15.2 Å². The molecule has 0 saturated heterocycles. The number of hydrogen-bond donors (Lipinski definition) is 1. The molecular formula is C28H31N3O3. The minimum atomic E-state index is -0.379. The van der Waals surface area contributed by atoms with E-state index in [1.54, 1.807) is 18.3 Å². The predicted molar refractivity (Wildman–Crippen MR) is 131 cm³/mol. The highest BCUT2D eigenvalue weighted by atomic mass is 16.5. The summed E-state index contributed by atoms with van der Waals surface area (Å²) in [7, 11) is 1.35. The Labute approximate surface area is 201 Å². The highest BCUT2D eigenvalue weighted by Gasteiger charge is 2.34. The number of nitrogens with one attached hydrogen (secondary N) is 1. The second-order valence-corrected chi connectivity index (χ2v) is 9.22. The summed E-state index contributed by atoms with van der Waals surface area (Å²) in [6.45, 7) is 8.52. The Morgan fingerprint density at radius 3 is 2.38 bits per heavy atom. The highest BCUT2D eigenvalue weighted by molar-refractivity contribution is 5.94. The van der Waals surface area contributed by atoms with Crippen molar-refractivity contribution in [1.29, 1.82) is 0 Å². The number of aromatic nitrogens is 1. The lowest BCUT2D eigenvalue weighted by Crippen LogP contribution is -2.25. The van der Waals surface area contributed by atoms with Crippen LogP contribution >= 0.6 is 0 Å². The van der Waals surface area contributed by atoms with Crippen LogP contribution in [0.2, 0.25) is 0 Å². The Balaban J connectivity index is 1.44. The molecule has 1 aliphatic rings. The Morgan fingerprint density at radius 1 is 1.06 bits per heavy atom. The van der Waals surface area contributed by atoms with Crippen LogP contribution in [0, 0.1) is 12.8 Å². The van der Waals surface area contributed by atoms with Gasteiger partial charge in [-0.05, 0) is 47.7 Å². The SMILES string of the molecule is COC(=O)c1ccc(CNC(=O)c2cnc3c(c2)CN(Cc2ccc(C)cc2)[C@H]3C(C)C)cc1. The summed E-state index contributed by atoms with van der Waals surface area (Å²) in [6.07, 6.45) is 1.68. The summed E-state index contributed by atoms with van der Waals surface area (Å²) in [5.74, 6) is -0.131. The van der Waals surface area contributed by atoms with E-state index >= 15 is 0 Å². The molecule has 0 spiro atoms. The molecule has 0 unspecified atom stereocenters. The molecule has 6 heteroatoms. The van der Waals surface area contributed by atoms with Gasteiger partial charge in [0, 0.05) is 25.8 Å². The first-order chi connectivity index (χ1) is 16.4. The summed E-state index contributed by atoms with van der Waals surface area (Å²) in [6, 6.07) is 17.9. The quantitative estimate of drug-likeness (QED) is 0.515. The fourth-order valence-corrected chi connectivity index (χ4v) is 4.51. The largest absolute Gasteiger partial charge is 0.465 e. The van der Waals surface area contributed by atoms with Crippen molar-refractivity contribution in [3.8, 4) is 0 Å². The zero-order valence-corrected chi connectivity index (χ0v) is 20.2. The summed E-state index contributed by atoms with van der Waals surface area (Å²) >= 11 is 0. The molecule has 1 aliphatic heterocycles. The fraction of sp³-hybridized carbons (Fsp3) is 0.321. The maximum Gasteiger partial charge on any atom is 0.337 e. The van der Waals surface area contributed by atoms with Crippen LogP contribution in [-0.2, 0) is 24.4 Å². The maximum atomic E-state index is 12.8. The van der Waals surface area contributed by atoms with Gasteiger partial charge in [-0.25, -0.2) is 4.79 Å². The molecule has 0 radical (unpaired) electrons. The monoisotopic (exact) mass is 457 g/mol. The van der Waals surface area contributed by atoms with Gasteiger partial charge in [0.05, 0.1) is 30.0 Å². The Hall–Kier alpha value is -3.51. The number of carbonyl (C=O) groups is 2. The average molecular weight is 458 g/mol. The number of amides is 1. The lowest BCUT2D eigenvalue weighted by molar-refractivity contribution is 0.0600. The molecule has 0 bridgehead atoms. The second kappa shape index (κ2) is 10.2. The van der Waals surface area contributed by atoms with Crippen LogP contribution in [0.1, 0.15) is 68.6 Å². The molecule has 3 aromatic rings. The van der Waals surface area contributed by atoms with Crippen molar-refractivity contribution < 1.29 is 14.3 Å². The smallest absolute Gasteiger partial charge is 0.337 e. The van der Waals surface area contributed by atoms with Gasteiger partial charge in [0.1, 0.15) is 0 Å². The van der Waals surface area contributed by atoms with Gasteiger partial charge in [-0.2, -0.15) is 0 Å². The number of benzene rings is 2. The molecule has 1 aromatic heterocycles. The van der Waals surface area contributed by atoms with Crippen LogP contribution in [0.25, 0.3) is 0 Å². The molecule has 1 N–H and O–H groups in total. The van der Waals surface area contributed by atoms with Gasteiger partial charge in [-0.1, -0.05) is 55.8 Å². The third kappa shape index (κ3) is 5.18. The van der Waals surface area contributed by atoms with Crippen molar-refractivity contribution in [2.45, 2.75) is 46.4 Å². The summed E-state index contributed by atoms with van der Waals surface area (Å²) in [4.78, 5) is 31.6. The first-order valence-corrected chi connectivity index (χ1v) is 11.6. The summed E-state index contributed by atoms with van der Waals surface area (Å²) < 4.78 is 4.72. The minimum Gasteiger partial charge on any atom is -0.465 e. The van der Waals surface area contributed by atoms with E-state index in [1.807, 2.05) is 18.2 Å². The van der Waals surface area contributed by atoms with Crippen molar-refractivity contribution in [2.75, 3.05) is 7.11 Å². The molecule has 1 atom stereocenters. The number of rotatable bonds is 7. The Bertz CT molecular complexity index is 1170. The van der Waals surface area contributed by atoms with E-state index in [9.17, 15) is 9.59 Å². The predicted octanol–water partition coefficient (Wildman–Crippen LogP) is 4.82. The van der Waals surface area contributed by atoms with Crippen molar-refractivity contribution in [3.05, 3.63) is 99.9 Å². The van der Waals surface area contributed by atoms with Crippen LogP contribution in [0.15, 0.2) is 60.8 Å². The molecule has 6 nitrogen and oxygen atoms in total. The lowest BCUT2D eigenvalue weighted by Gasteiger charge is -2.27. The average Bonchev–Trinajstić information content (AvgIpc) is 3.21. The van der Waals surface area contributed by atoms with Crippen molar-refractivity contribution >= 4 is 11.9 Å². The van der Waals surface area contributed by atoms with Gasteiger partial charge >= 0.3 is 5.97 Å². The van der Waals surface area contributed by atoms with E-state index in [0.29, 0.717) is 23.6 Å². The molecule has 2 heterocycles. The van der Waals surface area contributed by atoms with E-state index in [-0.39, 0.29) is 17.9 Å². The van der Waals surface area contributed by atoms with Gasteiger partial charge in [-0.3, -0.25) is 14.7 Å². The van der Waals surface area contributed by atoms with E-state index in [2.05, 4.69) is 55.3 Å². The Morgan fingerprint density at radius 2 is 1.74 bits per heavy atom. The van der Waals surface area contributed by atoms with E-state index < -0.39 is 0 Å². The Kier molecular flexibility index (Phi) is 7.08. The van der Waals surface area contributed by atoms with Crippen LogP contribution in [0.5, 0.6) is 0 Å². The van der Waals surface area contributed by atoms with Crippen LogP contribution in [0.3, 0.4) is 0 Å². The highest BCUT2D eigenvalue weighted by Crippen LogP contribution is 2.38. The number of aryl methyl sites for hydroxylation is 1. The van der Waals surface area contributed by atoms with Gasteiger partial charge in [0.2, 0.25) is 0 Å². The van der Waals surface area contributed by atoms with Crippen molar-refractivity contribution in [2.24, 2.45) is 5.92 Å². The zero-order chi connectivity index (χ0) is 24.2. The standard InChI is InChI=1S/C28H31N3O3/c1-18(2)26-25-24(17-31(26)16-21-7-5-19(3)6-8-21)13-23(15-29-25)27(32)30-14-20-9-11-22(12-10-20)28(33)34-4/h5-13,15,18,26H,14,16-17H2,1-4H3,(H,30,32)/t26-/m0/s1. The number of fused-ring (bicyclic) bond motifs is 1. The first-order valence-electron chi connectivity index (χ1n) is 11.6. The molecular weight excluding hydrogens is 426 g/mol. The number of hydrogen-bond acceptors (Lipinski definition) is 5. The molecule has 0 saturated carbocycles. The molecule has 4 rings (SSSR count). The van der Waals surface area contributed by atoms with E-state index in [4.69, 9.17) is 9.72 Å². The number of ether oxygens (including phenoxy) is 1. The minimum absolute atomic E-state index is 0.162. The number of pyridine rings is 1. The van der Waals surface area contributed by atoms with E-state index in [1.165, 1.54) is 18.2 Å². The van der Waals surface area contributed by atoms with Crippen LogP contribution in [-0.4, -0.2) is 28.9 Å². The van der Waals surface area contributed by atoms with Gasteiger partial charge in [0.15, 0.2) is 0 Å². The van der Waals surface area contributed by atoms with Gasteiger partial charge in [0.25, 0.3) is 5.91 Å². The van der Waals surface area contributed by atoms with E-state index in [0.717, 1.165) is 29.9 Å². The van der Waals surface area contributed by atoms with Crippen LogP contribution in [0.4, 0.5) is 0 Å². The fourth-order valence-electron chi connectivity index (χ4n) is 4.51. The van der Waals surface area contributed by atoms with Gasteiger partial charge in [-0.15, -0.1) is 0 Å². The van der Waals surface area contributed by atoms with Crippen LogP contribution < -0.4 is 5.32 Å². The zero-order valence-electron chi connectivity index (χ0n) is 20.2. The molecule has 176 valence electrons. The third-order valence-electron chi connectivity index (χ3n) is 6.28. The molecule has 1 amide bonds. The number of nitrogens with zero attached hydrogens (tertiary/aromatic N) is 2. The third-order valence-corrected chi connectivity index (χ3v) is 6.28. The summed E-state index contributed by atoms with van der Waals surface area (Å²) in [5.41, 5.74) is 6.66. The number of esters is 1. The number of carbonyl (C=O) groups excluding carboxylic acids is 2. The molecule has 34 heavy (non-hydrogen) atoms. The van der Waals surface area contributed by atoms with Crippen molar-refractivity contribution in [3.63, 3.8) is 0 Å². The molecule has 2 aromatic carbocycles. The molecule has 0 aliphatic carbocycles.